The van der Waals surface area contributed by atoms with E-state index in [1.54, 1.807) is 0 Å². The lowest BCUT2D eigenvalue weighted by Crippen LogP contribution is -2.16. The highest BCUT2D eigenvalue weighted by Gasteiger charge is 2.09. The predicted molar refractivity (Wildman–Crippen MR) is 70.6 cm³/mol. The summed E-state index contributed by atoms with van der Waals surface area (Å²) in [6.07, 6.45) is 0. The predicted octanol–water partition coefficient (Wildman–Crippen LogP) is 2.46. The molecule has 0 fully saturated rings. The second-order valence-electron chi connectivity index (χ2n) is 4.11. The fraction of sp³-hybridized carbons (Fsp3) is 0.538. The zero-order valence-corrected chi connectivity index (χ0v) is 11.1. The third-order valence-corrected chi connectivity index (χ3v) is 2.74. The SMILES string of the molecule is CCNCc1cccc(Cl)c1OCC(C)CO. The highest BCUT2D eigenvalue weighted by Crippen LogP contribution is 2.29. The Morgan fingerprint density at radius 1 is 1.47 bits per heavy atom. The average molecular weight is 258 g/mol. The molecule has 0 aliphatic heterocycles. The maximum Gasteiger partial charge on any atom is 0.142 e. The number of benzene rings is 1. The van der Waals surface area contributed by atoms with Gasteiger partial charge in [0.1, 0.15) is 5.75 Å². The first-order chi connectivity index (χ1) is 8.19. The molecule has 0 amide bonds. The van der Waals surface area contributed by atoms with Gasteiger partial charge in [-0.1, -0.05) is 37.6 Å². The first-order valence-corrected chi connectivity index (χ1v) is 6.28. The van der Waals surface area contributed by atoms with Crippen LogP contribution in [0.25, 0.3) is 0 Å². The molecule has 0 aliphatic carbocycles. The van der Waals surface area contributed by atoms with Crippen LogP contribution in [-0.2, 0) is 6.54 Å². The molecule has 17 heavy (non-hydrogen) atoms. The van der Waals surface area contributed by atoms with Gasteiger partial charge in [-0.2, -0.15) is 0 Å². The van der Waals surface area contributed by atoms with Crippen LogP contribution in [0, 0.1) is 5.92 Å². The van der Waals surface area contributed by atoms with Crippen LogP contribution in [0.1, 0.15) is 19.4 Å². The van der Waals surface area contributed by atoms with E-state index in [-0.39, 0.29) is 12.5 Å². The number of para-hydroxylation sites is 1. The van der Waals surface area contributed by atoms with E-state index in [0.717, 1.165) is 24.4 Å². The normalized spacial score (nSPS) is 12.5. The van der Waals surface area contributed by atoms with Crippen LogP contribution in [0.2, 0.25) is 5.02 Å². The van der Waals surface area contributed by atoms with Gasteiger partial charge in [-0.05, 0) is 12.6 Å². The van der Waals surface area contributed by atoms with Crippen molar-refractivity contribution in [2.75, 3.05) is 19.8 Å². The molecule has 1 rings (SSSR count). The summed E-state index contributed by atoms with van der Waals surface area (Å²) in [7, 11) is 0. The third kappa shape index (κ3) is 4.54. The second-order valence-corrected chi connectivity index (χ2v) is 4.51. The van der Waals surface area contributed by atoms with E-state index in [4.69, 9.17) is 21.4 Å². The summed E-state index contributed by atoms with van der Waals surface area (Å²) in [4.78, 5) is 0. The molecule has 0 radical (unpaired) electrons. The molecule has 4 heteroatoms. The number of aliphatic hydroxyl groups excluding tert-OH is 1. The van der Waals surface area contributed by atoms with E-state index in [1.165, 1.54) is 0 Å². The van der Waals surface area contributed by atoms with Crippen LogP contribution in [0.3, 0.4) is 0 Å². The lowest BCUT2D eigenvalue weighted by molar-refractivity contribution is 0.173. The maximum atomic E-state index is 8.97. The third-order valence-electron chi connectivity index (χ3n) is 2.44. The zero-order valence-electron chi connectivity index (χ0n) is 10.4. The summed E-state index contributed by atoms with van der Waals surface area (Å²) in [6.45, 7) is 6.21. The molecule has 1 atom stereocenters. The molecule has 0 bridgehead atoms. The molecule has 0 saturated heterocycles. The summed E-state index contributed by atoms with van der Waals surface area (Å²) >= 11 is 6.12. The minimum Gasteiger partial charge on any atom is -0.491 e. The highest BCUT2D eigenvalue weighted by atomic mass is 35.5. The minimum absolute atomic E-state index is 0.109. The van der Waals surface area contributed by atoms with Crippen LogP contribution in [0.4, 0.5) is 0 Å². The van der Waals surface area contributed by atoms with Gasteiger partial charge in [-0.15, -0.1) is 0 Å². The maximum absolute atomic E-state index is 8.97. The lowest BCUT2D eigenvalue weighted by Gasteiger charge is -2.15. The van der Waals surface area contributed by atoms with Crippen molar-refractivity contribution in [3.63, 3.8) is 0 Å². The number of hydrogen-bond donors (Lipinski definition) is 2. The molecule has 0 heterocycles. The van der Waals surface area contributed by atoms with E-state index < -0.39 is 0 Å². The number of nitrogens with one attached hydrogen (secondary N) is 1. The van der Waals surface area contributed by atoms with Crippen molar-refractivity contribution < 1.29 is 9.84 Å². The number of hydrogen-bond acceptors (Lipinski definition) is 3. The monoisotopic (exact) mass is 257 g/mol. The topological polar surface area (TPSA) is 41.5 Å². The molecule has 2 N–H and O–H groups in total. The second kappa shape index (κ2) is 7.54. The number of rotatable bonds is 7. The van der Waals surface area contributed by atoms with Crippen LogP contribution in [0.5, 0.6) is 5.75 Å². The first kappa shape index (κ1) is 14.3. The fourth-order valence-corrected chi connectivity index (χ4v) is 1.64. The summed E-state index contributed by atoms with van der Waals surface area (Å²) < 4.78 is 5.69. The molecule has 1 unspecified atom stereocenters. The van der Waals surface area contributed by atoms with Crippen LogP contribution in [-0.4, -0.2) is 24.9 Å². The van der Waals surface area contributed by atoms with E-state index in [2.05, 4.69) is 12.2 Å². The van der Waals surface area contributed by atoms with Gasteiger partial charge in [0, 0.05) is 24.6 Å². The van der Waals surface area contributed by atoms with Gasteiger partial charge in [-0.3, -0.25) is 0 Å². The Hall–Kier alpha value is -0.770. The number of ether oxygens (including phenoxy) is 1. The Labute approximate surface area is 108 Å². The van der Waals surface area contributed by atoms with Gasteiger partial charge in [0.15, 0.2) is 0 Å². The lowest BCUT2D eigenvalue weighted by atomic mass is 10.2. The molecule has 0 aromatic heterocycles. The Balaban J connectivity index is 2.72. The van der Waals surface area contributed by atoms with Crippen molar-refractivity contribution in [1.29, 1.82) is 0 Å². The number of aliphatic hydroxyl groups is 1. The van der Waals surface area contributed by atoms with Gasteiger partial charge in [0.05, 0.1) is 11.6 Å². The van der Waals surface area contributed by atoms with Crippen LogP contribution < -0.4 is 10.1 Å². The Morgan fingerprint density at radius 2 is 2.24 bits per heavy atom. The Morgan fingerprint density at radius 3 is 2.88 bits per heavy atom. The van der Waals surface area contributed by atoms with Crippen LogP contribution >= 0.6 is 11.6 Å². The highest BCUT2D eigenvalue weighted by molar-refractivity contribution is 6.32. The average Bonchev–Trinajstić information content (AvgIpc) is 2.34. The molecule has 0 saturated carbocycles. The Bertz CT molecular complexity index is 344. The van der Waals surface area contributed by atoms with E-state index >= 15 is 0 Å². The van der Waals surface area contributed by atoms with Gasteiger partial charge in [-0.25, -0.2) is 0 Å². The van der Waals surface area contributed by atoms with E-state index in [9.17, 15) is 0 Å². The summed E-state index contributed by atoms with van der Waals surface area (Å²) in [5.74, 6) is 0.827. The van der Waals surface area contributed by atoms with Crippen molar-refractivity contribution in [2.45, 2.75) is 20.4 Å². The number of halogens is 1. The molecule has 0 spiro atoms. The van der Waals surface area contributed by atoms with Gasteiger partial charge >= 0.3 is 0 Å². The molecular formula is C13H20ClNO2. The van der Waals surface area contributed by atoms with Gasteiger partial charge < -0.3 is 15.2 Å². The van der Waals surface area contributed by atoms with Gasteiger partial charge in [0.25, 0.3) is 0 Å². The van der Waals surface area contributed by atoms with Crippen molar-refractivity contribution in [1.82, 2.24) is 5.32 Å². The molecule has 3 nitrogen and oxygen atoms in total. The smallest absolute Gasteiger partial charge is 0.142 e. The fourth-order valence-electron chi connectivity index (χ4n) is 1.39. The molecule has 1 aromatic rings. The summed E-state index contributed by atoms with van der Waals surface area (Å²) in [6, 6.07) is 5.72. The summed E-state index contributed by atoms with van der Waals surface area (Å²) in [5.41, 5.74) is 1.05. The standard InChI is InChI=1S/C13H20ClNO2/c1-3-15-7-11-5-4-6-12(14)13(11)17-9-10(2)8-16/h4-6,10,15-16H,3,7-9H2,1-2H3. The van der Waals surface area contributed by atoms with Crippen molar-refractivity contribution >= 4 is 11.6 Å². The largest absolute Gasteiger partial charge is 0.491 e. The first-order valence-electron chi connectivity index (χ1n) is 5.90. The van der Waals surface area contributed by atoms with E-state index in [0.29, 0.717) is 11.6 Å². The van der Waals surface area contributed by atoms with E-state index in [1.807, 2.05) is 25.1 Å². The van der Waals surface area contributed by atoms with Gasteiger partial charge in [0.2, 0.25) is 0 Å². The van der Waals surface area contributed by atoms with Crippen LogP contribution in [0.15, 0.2) is 18.2 Å². The molecule has 0 aliphatic rings. The zero-order chi connectivity index (χ0) is 12.7. The Kier molecular flexibility index (Phi) is 6.34. The molecular weight excluding hydrogens is 238 g/mol. The van der Waals surface area contributed by atoms with Crippen molar-refractivity contribution in [3.05, 3.63) is 28.8 Å². The molecule has 1 aromatic carbocycles. The minimum atomic E-state index is 0.109. The molecule has 96 valence electrons. The van der Waals surface area contributed by atoms with Crippen molar-refractivity contribution in [2.24, 2.45) is 5.92 Å². The van der Waals surface area contributed by atoms with Crippen molar-refractivity contribution in [3.8, 4) is 5.75 Å². The summed E-state index contributed by atoms with van der Waals surface area (Å²) in [5, 5.41) is 12.8. The quantitative estimate of drug-likeness (QED) is 0.789.